The number of aromatic nitrogens is 3. The molecule has 3 aromatic rings. The van der Waals surface area contributed by atoms with Crippen molar-refractivity contribution in [2.24, 2.45) is 13.0 Å². The first kappa shape index (κ1) is 17.3. The highest BCUT2D eigenvalue weighted by Crippen LogP contribution is 2.34. The van der Waals surface area contributed by atoms with Gasteiger partial charge in [-0.3, -0.25) is 14.6 Å². The van der Waals surface area contributed by atoms with Crippen molar-refractivity contribution in [2.75, 3.05) is 5.32 Å². The van der Waals surface area contributed by atoms with Gasteiger partial charge in [-0.1, -0.05) is 0 Å². The van der Waals surface area contributed by atoms with Gasteiger partial charge in [-0.25, -0.2) is 13.8 Å². The Kier molecular flexibility index (Phi) is 3.98. The van der Waals surface area contributed by atoms with E-state index in [1.54, 1.807) is 26.1 Å². The molecule has 0 bridgehead atoms. The number of carbonyl (C=O) groups is 1. The van der Waals surface area contributed by atoms with E-state index in [0.29, 0.717) is 27.6 Å². The van der Waals surface area contributed by atoms with Gasteiger partial charge in [-0.15, -0.1) is 0 Å². The van der Waals surface area contributed by atoms with E-state index in [4.69, 9.17) is 0 Å². The van der Waals surface area contributed by atoms with Crippen LogP contribution in [0.2, 0.25) is 0 Å². The fraction of sp³-hybridized carbons (Fsp3) is 0.263. The smallest absolute Gasteiger partial charge is 0.258 e. The number of aryl methyl sites for hydroxylation is 1. The quantitative estimate of drug-likeness (QED) is 0.769. The molecule has 4 rings (SSSR count). The zero-order valence-corrected chi connectivity index (χ0v) is 14.7. The number of hydrogen-bond donors (Lipinski definition) is 1. The first-order valence-electron chi connectivity index (χ1n) is 8.42. The van der Waals surface area contributed by atoms with Gasteiger partial charge in [0.25, 0.3) is 5.56 Å². The summed E-state index contributed by atoms with van der Waals surface area (Å²) in [6.07, 6.45) is 3.19. The third kappa shape index (κ3) is 2.97. The van der Waals surface area contributed by atoms with E-state index in [9.17, 15) is 18.4 Å². The van der Waals surface area contributed by atoms with E-state index < -0.39 is 23.8 Å². The molecule has 8 heteroatoms. The van der Waals surface area contributed by atoms with Crippen LogP contribution in [0.5, 0.6) is 0 Å². The van der Waals surface area contributed by atoms with Crippen molar-refractivity contribution in [1.82, 2.24) is 14.5 Å². The van der Waals surface area contributed by atoms with Crippen LogP contribution in [0.3, 0.4) is 0 Å². The molecule has 1 fully saturated rings. The number of carbonyl (C=O) groups excluding carboxylic acids is 1. The number of alkyl halides is 1. The Morgan fingerprint density at radius 2 is 2.00 bits per heavy atom. The van der Waals surface area contributed by atoms with Crippen molar-refractivity contribution in [3.05, 3.63) is 52.5 Å². The third-order valence-electron chi connectivity index (χ3n) is 4.85. The average molecular weight is 370 g/mol. The standard InChI is InChI=1S/C19H16F2N4O2/c1-9-13(7-22-8-15(9)21)11-3-10-6-23-17(5-16(10)25(2)19(11)27)24-18(26)12-4-14(12)20/h3,5-8,12,14H,4H2,1-2H3,(H,23,24,26)/t12-,14+/m0/s1. The molecule has 6 nitrogen and oxygen atoms in total. The summed E-state index contributed by atoms with van der Waals surface area (Å²) in [5.41, 5.74) is 1.28. The monoisotopic (exact) mass is 370 g/mol. The molecule has 1 aliphatic carbocycles. The number of anilines is 1. The van der Waals surface area contributed by atoms with Crippen molar-refractivity contribution in [3.8, 4) is 11.1 Å². The molecule has 2 atom stereocenters. The zero-order valence-electron chi connectivity index (χ0n) is 14.7. The summed E-state index contributed by atoms with van der Waals surface area (Å²) in [5, 5.41) is 3.21. The third-order valence-corrected chi connectivity index (χ3v) is 4.85. The summed E-state index contributed by atoms with van der Waals surface area (Å²) in [6.45, 7) is 1.59. The van der Waals surface area contributed by atoms with Crippen molar-refractivity contribution < 1.29 is 13.6 Å². The van der Waals surface area contributed by atoms with Crippen LogP contribution in [0.25, 0.3) is 22.0 Å². The molecule has 3 heterocycles. The largest absolute Gasteiger partial charge is 0.311 e. The summed E-state index contributed by atoms with van der Waals surface area (Å²) in [4.78, 5) is 32.7. The van der Waals surface area contributed by atoms with Crippen LogP contribution in [0, 0.1) is 18.7 Å². The highest BCUT2D eigenvalue weighted by Gasteiger charge is 2.43. The predicted octanol–water partition coefficient (Wildman–Crippen LogP) is 2.74. The number of nitrogens with zero attached hydrogens (tertiary/aromatic N) is 3. The second-order valence-corrected chi connectivity index (χ2v) is 6.69. The number of halogens is 2. The Balaban J connectivity index is 1.78. The summed E-state index contributed by atoms with van der Waals surface area (Å²) < 4.78 is 28.2. The van der Waals surface area contributed by atoms with Crippen LogP contribution in [-0.2, 0) is 11.8 Å². The number of pyridine rings is 3. The van der Waals surface area contributed by atoms with Gasteiger partial charge in [-0.05, 0) is 25.0 Å². The van der Waals surface area contributed by atoms with Crippen molar-refractivity contribution in [1.29, 1.82) is 0 Å². The lowest BCUT2D eigenvalue weighted by atomic mass is 10.0. The minimum absolute atomic E-state index is 0.224. The van der Waals surface area contributed by atoms with Gasteiger partial charge >= 0.3 is 0 Å². The maximum Gasteiger partial charge on any atom is 0.258 e. The van der Waals surface area contributed by atoms with Gasteiger partial charge in [0.2, 0.25) is 5.91 Å². The van der Waals surface area contributed by atoms with Gasteiger partial charge in [-0.2, -0.15) is 0 Å². The molecule has 0 spiro atoms. The summed E-state index contributed by atoms with van der Waals surface area (Å²) in [7, 11) is 1.58. The van der Waals surface area contributed by atoms with Crippen molar-refractivity contribution >= 4 is 22.6 Å². The highest BCUT2D eigenvalue weighted by molar-refractivity contribution is 5.95. The predicted molar refractivity (Wildman–Crippen MR) is 96.5 cm³/mol. The Hall–Kier alpha value is -3.16. The van der Waals surface area contributed by atoms with Crippen molar-refractivity contribution in [3.63, 3.8) is 0 Å². The first-order valence-corrected chi connectivity index (χ1v) is 8.42. The van der Waals surface area contributed by atoms with E-state index in [1.165, 1.54) is 17.0 Å². The Labute approximate surface area is 152 Å². The van der Waals surface area contributed by atoms with Crippen LogP contribution in [0.15, 0.2) is 35.5 Å². The molecule has 1 saturated carbocycles. The molecule has 0 aromatic carbocycles. The Morgan fingerprint density at radius 3 is 2.70 bits per heavy atom. The molecule has 0 unspecified atom stereocenters. The first-order chi connectivity index (χ1) is 12.9. The van der Waals surface area contributed by atoms with E-state index in [1.807, 2.05) is 0 Å². The molecule has 1 amide bonds. The van der Waals surface area contributed by atoms with E-state index in [2.05, 4.69) is 15.3 Å². The maximum absolute atomic E-state index is 13.8. The van der Waals surface area contributed by atoms with Crippen LogP contribution in [-0.4, -0.2) is 26.6 Å². The van der Waals surface area contributed by atoms with Gasteiger partial charge in [0, 0.05) is 42.0 Å². The molecule has 138 valence electrons. The lowest BCUT2D eigenvalue weighted by Crippen LogP contribution is -2.20. The van der Waals surface area contributed by atoms with Gasteiger partial charge in [0.1, 0.15) is 17.8 Å². The van der Waals surface area contributed by atoms with E-state index in [0.717, 1.165) is 6.20 Å². The normalized spacial score (nSPS) is 18.5. The van der Waals surface area contributed by atoms with Crippen LogP contribution >= 0.6 is 0 Å². The number of rotatable bonds is 3. The summed E-state index contributed by atoms with van der Waals surface area (Å²) >= 11 is 0. The molecule has 27 heavy (non-hydrogen) atoms. The fourth-order valence-corrected chi connectivity index (χ4v) is 3.05. The molecule has 1 aliphatic rings. The molecule has 0 aliphatic heterocycles. The molecule has 3 aromatic heterocycles. The number of fused-ring (bicyclic) bond motifs is 1. The fourth-order valence-electron chi connectivity index (χ4n) is 3.05. The molecular weight excluding hydrogens is 354 g/mol. The highest BCUT2D eigenvalue weighted by atomic mass is 19.1. The molecule has 0 radical (unpaired) electrons. The second-order valence-electron chi connectivity index (χ2n) is 6.69. The van der Waals surface area contributed by atoms with Gasteiger partial charge in [0.05, 0.1) is 17.6 Å². The minimum atomic E-state index is -1.10. The molecular formula is C19H16F2N4O2. The minimum Gasteiger partial charge on any atom is -0.311 e. The van der Waals surface area contributed by atoms with Crippen LogP contribution < -0.4 is 10.9 Å². The number of nitrogens with one attached hydrogen (secondary N) is 1. The van der Waals surface area contributed by atoms with E-state index in [-0.39, 0.29) is 17.8 Å². The molecule has 1 N–H and O–H groups in total. The topological polar surface area (TPSA) is 76.9 Å². The lowest BCUT2D eigenvalue weighted by molar-refractivity contribution is -0.117. The zero-order chi connectivity index (χ0) is 19.3. The van der Waals surface area contributed by atoms with Gasteiger partial charge < -0.3 is 9.88 Å². The Bertz CT molecular complexity index is 1140. The van der Waals surface area contributed by atoms with Crippen LogP contribution in [0.4, 0.5) is 14.6 Å². The SMILES string of the molecule is Cc1c(F)cncc1-c1cc2cnc(NC(=O)[C@H]3C[C@H]3F)cc2n(C)c1=O. The number of hydrogen-bond acceptors (Lipinski definition) is 4. The van der Waals surface area contributed by atoms with E-state index >= 15 is 0 Å². The second kappa shape index (κ2) is 6.22. The summed E-state index contributed by atoms with van der Waals surface area (Å²) in [5.74, 6) is -1.29. The average Bonchev–Trinajstić information content (AvgIpc) is 3.38. The molecule has 0 saturated heterocycles. The number of amides is 1. The maximum atomic E-state index is 13.8. The lowest BCUT2D eigenvalue weighted by Gasteiger charge is -2.12. The van der Waals surface area contributed by atoms with Gasteiger partial charge in [0.15, 0.2) is 0 Å². The Morgan fingerprint density at radius 1 is 1.26 bits per heavy atom. The summed E-state index contributed by atoms with van der Waals surface area (Å²) in [6, 6.07) is 3.18. The van der Waals surface area contributed by atoms with Crippen LogP contribution in [0.1, 0.15) is 12.0 Å². The van der Waals surface area contributed by atoms with Crippen molar-refractivity contribution in [2.45, 2.75) is 19.5 Å².